The molecule has 0 saturated heterocycles. The summed E-state index contributed by atoms with van der Waals surface area (Å²) in [5.74, 6) is 0. The molecule has 0 spiro atoms. The van der Waals surface area contributed by atoms with Crippen molar-refractivity contribution < 1.29 is 13.2 Å². The summed E-state index contributed by atoms with van der Waals surface area (Å²) in [7, 11) is -3.56. The molecular formula is C21H20ClNO3S. The largest absolute Gasteiger partial charge is 0.372 e. The third-order valence-electron chi connectivity index (χ3n) is 3.99. The molecule has 1 N–H and O–H groups in total. The van der Waals surface area contributed by atoms with E-state index in [4.69, 9.17) is 16.3 Å². The fourth-order valence-corrected chi connectivity index (χ4v) is 3.63. The Kier molecular flexibility index (Phi) is 6.63. The van der Waals surface area contributed by atoms with Gasteiger partial charge >= 0.3 is 0 Å². The summed E-state index contributed by atoms with van der Waals surface area (Å²) < 4.78 is 32.9. The van der Waals surface area contributed by atoms with Crippen LogP contribution < -0.4 is 4.72 Å². The van der Waals surface area contributed by atoms with Gasteiger partial charge in [-0.2, -0.15) is 0 Å². The zero-order valence-electron chi connectivity index (χ0n) is 14.6. The topological polar surface area (TPSA) is 55.4 Å². The summed E-state index contributed by atoms with van der Waals surface area (Å²) in [6.07, 6.45) is 0. The van der Waals surface area contributed by atoms with E-state index in [-0.39, 0.29) is 11.4 Å². The molecule has 0 unspecified atom stereocenters. The minimum Gasteiger partial charge on any atom is -0.372 e. The average molecular weight is 402 g/mol. The van der Waals surface area contributed by atoms with Crippen molar-refractivity contribution in [3.8, 4) is 0 Å². The molecule has 0 atom stereocenters. The van der Waals surface area contributed by atoms with Crippen LogP contribution in [0.15, 0.2) is 83.8 Å². The van der Waals surface area contributed by atoms with E-state index in [0.29, 0.717) is 18.2 Å². The first kappa shape index (κ1) is 19.6. The smallest absolute Gasteiger partial charge is 0.240 e. The van der Waals surface area contributed by atoms with Gasteiger partial charge in [0, 0.05) is 11.6 Å². The Bertz CT molecular complexity index is 957. The normalized spacial score (nSPS) is 11.4. The molecule has 0 radical (unpaired) electrons. The molecule has 4 nitrogen and oxygen atoms in total. The Balaban J connectivity index is 1.50. The first-order chi connectivity index (χ1) is 13.0. The van der Waals surface area contributed by atoms with Gasteiger partial charge in [0.1, 0.15) is 0 Å². The second-order valence-electron chi connectivity index (χ2n) is 6.07. The van der Waals surface area contributed by atoms with E-state index in [9.17, 15) is 8.42 Å². The zero-order chi connectivity index (χ0) is 19.1. The molecule has 3 aromatic rings. The lowest BCUT2D eigenvalue weighted by Gasteiger charge is -2.08. The summed E-state index contributed by atoms with van der Waals surface area (Å²) in [6, 6.07) is 23.7. The highest BCUT2D eigenvalue weighted by Crippen LogP contribution is 2.15. The van der Waals surface area contributed by atoms with Crippen LogP contribution in [0.2, 0.25) is 5.02 Å². The van der Waals surface area contributed by atoms with Crippen molar-refractivity contribution in [2.24, 2.45) is 0 Å². The van der Waals surface area contributed by atoms with Gasteiger partial charge in [0.05, 0.1) is 18.1 Å². The highest BCUT2D eigenvalue weighted by Gasteiger charge is 2.13. The number of nitrogens with one attached hydrogen (secondary N) is 1. The molecule has 140 valence electrons. The second-order valence-corrected chi connectivity index (χ2v) is 8.28. The van der Waals surface area contributed by atoms with Gasteiger partial charge in [-0.1, -0.05) is 66.2 Å². The molecule has 0 aliphatic heterocycles. The van der Waals surface area contributed by atoms with E-state index < -0.39 is 10.0 Å². The van der Waals surface area contributed by atoms with Gasteiger partial charge in [-0.3, -0.25) is 0 Å². The maximum atomic E-state index is 12.3. The fourth-order valence-electron chi connectivity index (χ4n) is 2.49. The molecule has 6 heteroatoms. The third-order valence-corrected chi connectivity index (χ3v) is 5.66. The van der Waals surface area contributed by atoms with Crippen LogP contribution in [0.4, 0.5) is 0 Å². The Morgan fingerprint density at radius 3 is 1.93 bits per heavy atom. The maximum Gasteiger partial charge on any atom is 0.240 e. The van der Waals surface area contributed by atoms with Crippen LogP contribution >= 0.6 is 11.6 Å². The summed E-state index contributed by atoms with van der Waals surface area (Å²) in [5.41, 5.74) is 3.04. The van der Waals surface area contributed by atoms with Crippen LogP contribution in [0.3, 0.4) is 0 Å². The zero-order valence-corrected chi connectivity index (χ0v) is 16.2. The van der Waals surface area contributed by atoms with Gasteiger partial charge in [-0.25, -0.2) is 13.1 Å². The minimum absolute atomic E-state index is 0.192. The summed E-state index contributed by atoms with van der Waals surface area (Å²) >= 11 is 5.80. The number of rotatable bonds is 8. The number of ether oxygens (including phenoxy) is 1. The SMILES string of the molecule is O=S(=O)(NCc1ccc(COCc2ccccc2)cc1)c1ccc(Cl)cc1. The highest BCUT2D eigenvalue weighted by molar-refractivity contribution is 7.89. The van der Waals surface area contributed by atoms with E-state index in [1.807, 2.05) is 54.6 Å². The predicted molar refractivity (Wildman–Crippen MR) is 107 cm³/mol. The van der Waals surface area contributed by atoms with E-state index >= 15 is 0 Å². The molecule has 0 bridgehead atoms. The molecule has 3 rings (SSSR count). The molecule has 0 aliphatic rings. The summed E-state index contributed by atoms with van der Waals surface area (Å²) in [6.45, 7) is 1.28. The molecular weight excluding hydrogens is 382 g/mol. The van der Waals surface area contributed by atoms with Gasteiger partial charge < -0.3 is 4.74 Å². The van der Waals surface area contributed by atoms with Crippen molar-refractivity contribution >= 4 is 21.6 Å². The Morgan fingerprint density at radius 1 is 0.741 bits per heavy atom. The number of hydrogen-bond donors (Lipinski definition) is 1. The molecule has 0 saturated carbocycles. The van der Waals surface area contributed by atoms with Crippen molar-refractivity contribution in [3.05, 3.63) is 101 Å². The van der Waals surface area contributed by atoms with E-state index in [2.05, 4.69) is 4.72 Å². The molecule has 27 heavy (non-hydrogen) atoms. The van der Waals surface area contributed by atoms with Gasteiger partial charge in [0.25, 0.3) is 0 Å². The van der Waals surface area contributed by atoms with Crippen molar-refractivity contribution in [3.63, 3.8) is 0 Å². The van der Waals surface area contributed by atoms with Gasteiger partial charge in [0.15, 0.2) is 0 Å². The molecule has 0 aliphatic carbocycles. The molecule has 0 aromatic heterocycles. The minimum atomic E-state index is -3.56. The number of benzene rings is 3. The predicted octanol–water partition coefficient (Wildman–Crippen LogP) is 4.54. The van der Waals surface area contributed by atoms with E-state index in [1.54, 1.807) is 12.1 Å². The molecule has 0 fully saturated rings. The Hall–Kier alpha value is -2.18. The van der Waals surface area contributed by atoms with Crippen molar-refractivity contribution in [1.82, 2.24) is 4.72 Å². The van der Waals surface area contributed by atoms with Gasteiger partial charge in [0.2, 0.25) is 10.0 Å². The fraction of sp³-hybridized carbons (Fsp3) is 0.143. The van der Waals surface area contributed by atoms with Crippen LogP contribution in [0.1, 0.15) is 16.7 Å². The van der Waals surface area contributed by atoms with Crippen molar-refractivity contribution in [2.75, 3.05) is 0 Å². The lowest BCUT2D eigenvalue weighted by Crippen LogP contribution is -2.23. The molecule has 0 amide bonds. The van der Waals surface area contributed by atoms with Gasteiger partial charge in [-0.05, 0) is 41.0 Å². The number of halogens is 1. The van der Waals surface area contributed by atoms with Gasteiger partial charge in [-0.15, -0.1) is 0 Å². The van der Waals surface area contributed by atoms with Crippen LogP contribution in [0.25, 0.3) is 0 Å². The van der Waals surface area contributed by atoms with Crippen LogP contribution in [0.5, 0.6) is 0 Å². The van der Waals surface area contributed by atoms with Crippen molar-refractivity contribution in [2.45, 2.75) is 24.7 Å². The van der Waals surface area contributed by atoms with Crippen LogP contribution in [-0.4, -0.2) is 8.42 Å². The first-order valence-corrected chi connectivity index (χ1v) is 10.3. The second kappa shape index (κ2) is 9.15. The third kappa shape index (κ3) is 5.91. The number of hydrogen-bond acceptors (Lipinski definition) is 3. The van der Waals surface area contributed by atoms with E-state index in [1.165, 1.54) is 12.1 Å². The average Bonchev–Trinajstić information content (AvgIpc) is 2.69. The quantitative estimate of drug-likeness (QED) is 0.603. The lowest BCUT2D eigenvalue weighted by molar-refractivity contribution is 0.107. The molecule has 0 heterocycles. The Labute approximate surface area is 164 Å². The first-order valence-electron chi connectivity index (χ1n) is 8.48. The van der Waals surface area contributed by atoms with Crippen LogP contribution in [-0.2, 0) is 34.5 Å². The molecule has 3 aromatic carbocycles. The standard InChI is InChI=1S/C21H20ClNO3S/c22-20-10-12-21(13-11-20)27(24,25)23-14-17-6-8-19(9-7-17)16-26-15-18-4-2-1-3-5-18/h1-13,23H,14-16H2. The lowest BCUT2D eigenvalue weighted by atomic mass is 10.1. The monoisotopic (exact) mass is 401 g/mol. The Morgan fingerprint density at radius 2 is 1.30 bits per heavy atom. The van der Waals surface area contributed by atoms with E-state index in [0.717, 1.165) is 16.7 Å². The summed E-state index contributed by atoms with van der Waals surface area (Å²) in [4.78, 5) is 0.192. The maximum absolute atomic E-state index is 12.3. The highest BCUT2D eigenvalue weighted by atomic mass is 35.5. The van der Waals surface area contributed by atoms with Crippen LogP contribution in [0, 0.1) is 0 Å². The summed E-state index contributed by atoms with van der Waals surface area (Å²) in [5, 5.41) is 0.499. The number of sulfonamides is 1. The van der Waals surface area contributed by atoms with Crippen molar-refractivity contribution in [1.29, 1.82) is 0 Å².